The van der Waals surface area contributed by atoms with E-state index in [2.05, 4.69) is 33.4 Å². The molecule has 116 valence electrons. The molecule has 0 aliphatic carbocycles. The molecule has 0 bridgehead atoms. The summed E-state index contributed by atoms with van der Waals surface area (Å²) >= 11 is 3.61. The third-order valence-electron chi connectivity index (χ3n) is 3.33. The molecule has 1 unspecified atom stereocenters. The summed E-state index contributed by atoms with van der Waals surface area (Å²) in [6.45, 7) is 0.657. The zero-order valence-electron chi connectivity index (χ0n) is 13.0. The van der Waals surface area contributed by atoms with Gasteiger partial charge in [-0.15, -0.1) is 0 Å². The van der Waals surface area contributed by atoms with Crippen LogP contribution in [0.1, 0.15) is 22.3 Å². The van der Waals surface area contributed by atoms with Crippen LogP contribution in [0.15, 0.2) is 48.5 Å². The summed E-state index contributed by atoms with van der Waals surface area (Å²) < 4.78 is 0. The van der Waals surface area contributed by atoms with Crippen LogP contribution < -0.4 is 61.8 Å². The molecule has 0 spiro atoms. The number of alkyl halides is 1. The Kier molecular flexibility index (Phi) is 9.42. The number of aromatic hydroxyl groups is 1. The molecule has 0 fully saturated rings. The van der Waals surface area contributed by atoms with Crippen LogP contribution in [0.2, 0.25) is 0 Å². The van der Waals surface area contributed by atoms with Gasteiger partial charge in [-0.05, 0) is 36.6 Å². The van der Waals surface area contributed by atoms with E-state index < -0.39 is 5.97 Å². The van der Waals surface area contributed by atoms with E-state index in [1.165, 1.54) is 17.7 Å². The number of aryl methyl sites for hydroxylation is 1. The summed E-state index contributed by atoms with van der Waals surface area (Å²) in [6, 6.07) is 14.6. The van der Waals surface area contributed by atoms with Gasteiger partial charge >= 0.3 is 51.4 Å². The second-order valence-corrected chi connectivity index (χ2v) is 6.32. The predicted octanol–water partition coefficient (Wildman–Crippen LogP) is -0.432. The standard InChI is InChI=1S/C17H18BrNO3.K/c18-13(7-6-12-4-2-1-3-5-12)11-19-14-8-9-16(20)15(10-14)17(21)22;/h1-5,8-10,13,19-20H,6-7,11H2,(H,21,22);/q;+1/p-1. The molecule has 0 aromatic heterocycles. The first-order valence-electron chi connectivity index (χ1n) is 7.02. The van der Waals surface area contributed by atoms with Gasteiger partial charge in [0.2, 0.25) is 0 Å². The zero-order valence-corrected chi connectivity index (χ0v) is 17.7. The summed E-state index contributed by atoms with van der Waals surface area (Å²) in [5.41, 5.74) is 1.72. The van der Waals surface area contributed by atoms with Crippen LogP contribution in [0.25, 0.3) is 0 Å². The van der Waals surface area contributed by atoms with Crippen molar-refractivity contribution in [2.75, 3.05) is 11.9 Å². The van der Waals surface area contributed by atoms with Gasteiger partial charge in [-0.1, -0.05) is 46.3 Å². The van der Waals surface area contributed by atoms with Crippen molar-refractivity contribution in [1.29, 1.82) is 0 Å². The van der Waals surface area contributed by atoms with E-state index >= 15 is 0 Å². The van der Waals surface area contributed by atoms with Gasteiger partial charge < -0.3 is 20.3 Å². The molecule has 0 aliphatic rings. The number of carboxylic acids is 1. The van der Waals surface area contributed by atoms with Gasteiger partial charge in [-0.3, -0.25) is 0 Å². The molecule has 0 radical (unpaired) electrons. The molecule has 0 saturated heterocycles. The van der Waals surface area contributed by atoms with E-state index in [0.29, 0.717) is 12.2 Å². The van der Waals surface area contributed by atoms with Crippen LogP contribution in [0.5, 0.6) is 5.75 Å². The van der Waals surface area contributed by atoms with Crippen molar-refractivity contribution in [3.63, 3.8) is 0 Å². The number of aromatic carboxylic acids is 1. The average molecular weight is 402 g/mol. The largest absolute Gasteiger partial charge is 1.00 e. The molecule has 6 heteroatoms. The molecule has 1 atom stereocenters. The number of rotatable bonds is 7. The predicted molar refractivity (Wildman–Crippen MR) is 88.4 cm³/mol. The fourth-order valence-corrected chi connectivity index (χ4v) is 2.50. The molecule has 0 saturated carbocycles. The SMILES string of the molecule is O=C([O-])c1cc(NCC(Br)CCc2ccccc2)ccc1O.[K+]. The zero-order chi connectivity index (χ0) is 15.9. The number of carbonyl (C=O) groups excluding carboxylic acids is 1. The molecule has 0 heterocycles. The van der Waals surface area contributed by atoms with Crippen LogP contribution in [0.3, 0.4) is 0 Å². The number of carbonyl (C=O) groups is 1. The Morgan fingerprint density at radius 3 is 2.57 bits per heavy atom. The van der Waals surface area contributed by atoms with Gasteiger partial charge in [0.25, 0.3) is 0 Å². The Morgan fingerprint density at radius 2 is 1.91 bits per heavy atom. The Balaban J connectivity index is 0.00000264. The number of anilines is 1. The number of hydrogen-bond acceptors (Lipinski definition) is 4. The van der Waals surface area contributed by atoms with Crippen LogP contribution in [-0.2, 0) is 6.42 Å². The molecule has 2 N–H and O–H groups in total. The smallest absolute Gasteiger partial charge is 0.545 e. The van der Waals surface area contributed by atoms with E-state index in [1.807, 2.05) is 18.2 Å². The van der Waals surface area contributed by atoms with Crippen LogP contribution in [-0.4, -0.2) is 22.4 Å². The van der Waals surface area contributed by atoms with Crippen LogP contribution >= 0.6 is 15.9 Å². The van der Waals surface area contributed by atoms with Crippen molar-refractivity contribution in [3.05, 3.63) is 59.7 Å². The van der Waals surface area contributed by atoms with Crippen molar-refractivity contribution in [2.45, 2.75) is 17.7 Å². The fraction of sp³-hybridized carbons (Fsp3) is 0.235. The molecule has 2 rings (SSSR count). The Labute approximate surface area is 186 Å². The van der Waals surface area contributed by atoms with E-state index in [1.54, 1.807) is 6.07 Å². The molecule has 2 aromatic carbocycles. The summed E-state index contributed by atoms with van der Waals surface area (Å²) in [7, 11) is 0. The second-order valence-electron chi connectivity index (χ2n) is 5.02. The van der Waals surface area contributed by atoms with Gasteiger partial charge in [0.05, 0.1) is 5.97 Å². The second kappa shape index (κ2) is 10.5. The number of nitrogens with one attached hydrogen (secondary N) is 1. The Morgan fingerprint density at radius 1 is 1.22 bits per heavy atom. The van der Waals surface area contributed by atoms with Crippen molar-refractivity contribution in [1.82, 2.24) is 0 Å². The first-order valence-corrected chi connectivity index (χ1v) is 7.94. The minimum Gasteiger partial charge on any atom is -0.545 e. The van der Waals surface area contributed by atoms with Gasteiger partial charge in [-0.25, -0.2) is 0 Å². The summed E-state index contributed by atoms with van der Waals surface area (Å²) in [6.07, 6.45) is 1.93. The first-order chi connectivity index (χ1) is 10.6. The van der Waals surface area contributed by atoms with Gasteiger partial charge in [0.15, 0.2) is 0 Å². The minimum absolute atomic E-state index is 0. The van der Waals surface area contributed by atoms with Crippen molar-refractivity contribution >= 4 is 27.6 Å². The normalized spacial score (nSPS) is 11.3. The number of halogens is 1. The third kappa shape index (κ3) is 6.95. The quantitative estimate of drug-likeness (QED) is 0.375. The van der Waals surface area contributed by atoms with E-state index in [4.69, 9.17) is 0 Å². The molecule has 0 amide bonds. The molecule has 2 aromatic rings. The Hall–Kier alpha value is -0.374. The number of hydrogen-bond donors (Lipinski definition) is 2. The summed E-state index contributed by atoms with van der Waals surface area (Å²) in [5, 5.41) is 23.5. The maximum atomic E-state index is 10.9. The van der Waals surface area contributed by atoms with Crippen molar-refractivity contribution in [3.8, 4) is 5.75 Å². The van der Waals surface area contributed by atoms with Gasteiger partial charge in [0, 0.05) is 22.6 Å². The summed E-state index contributed by atoms with van der Waals surface area (Å²) in [5.74, 6) is -1.68. The first kappa shape index (κ1) is 20.7. The number of phenols is 1. The van der Waals surface area contributed by atoms with Crippen molar-refractivity contribution < 1.29 is 66.4 Å². The maximum Gasteiger partial charge on any atom is 1.00 e. The van der Waals surface area contributed by atoms with Crippen molar-refractivity contribution in [2.24, 2.45) is 0 Å². The van der Waals surface area contributed by atoms with Crippen LogP contribution in [0.4, 0.5) is 5.69 Å². The summed E-state index contributed by atoms with van der Waals surface area (Å²) in [4.78, 5) is 11.1. The number of benzene rings is 2. The molecule has 4 nitrogen and oxygen atoms in total. The minimum atomic E-state index is -1.39. The molecular formula is C17H17BrKNO3. The maximum absolute atomic E-state index is 10.9. The topological polar surface area (TPSA) is 72.4 Å². The van der Waals surface area contributed by atoms with E-state index in [0.717, 1.165) is 12.8 Å². The monoisotopic (exact) mass is 401 g/mol. The average Bonchev–Trinajstić information content (AvgIpc) is 2.53. The van der Waals surface area contributed by atoms with Crippen LogP contribution in [0, 0.1) is 0 Å². The fourth-order valence-electron chi connectivity index (χ4n) is 2.11. The van der Waals surface area contributed by atoms with E-state index in [-0.39, 0.29) is 67.5 Å². The number of carboxylic acid groups (broad SMARTS) is 1. The van der Waals surface area contributed by atoms with Gasteiger partial charge in [0.1, 0.15) is 5.75 Å². The molecule has 0 aliphatic heterocycles. The molecular weight excluding hydrogens is 385 g/mol. The van der Waals surface area contributed by atoms with E-state index in [9.17, 15) is 15.0 Å². The van der Waals surface area contributed by atoms with Gasteiger partial charge in [-0.2, -0.15) is 0 Å². The molecule has 23 heavy (non-hydrogen) atoms. The Bertz CT molecular complexity index is 637. The third-order valence-corrected chi connectivity index (χ3v) is 4.11.